The fourth-order valence-electron chi connectivity index (χ4n) is 5.68. The largest absolute Gasteiger partial charge is 0.370 e. The molecule has 3 fully saturated rings. The van der Waals surface area contributed by atoms with Gasteiger partial charge in [0.15, 0.2) is 0 Å². The Labute approximate surface area is 190 Å². The molecule has 2 aliphatic heterocycles. The van der Waals surface area contributed by atoms with Gasteiger partial charge in [0.2, 0.25) is 10.0 Å². The summed E-state index contributed by atoms with van der Waals surface area (Å²) in [5.41, 5.74) is 6.48. The van der Waals surface area contributed by atoms with Crippen molar-refractivity contribution in [2.75, 3.05) is 26.7 Å². The maximum absolute atomic E-state index is 14.2. The van der Waals surface area contributed by atoms with Crippen LogP contribution in [0.4, 0.5) is 8.78 Å². The van der Waals surface area contributed by atoms with Crippen molar-refractivity contribution in [1.82, 2.24) is 9.21 Å². The third-order valence-electron chi connectivity index (χ3n) is 7.72. The maximum atomic E-state index is 14.2. The van der Waals surface area contributed by atoms with E-state index in [-0.39, 0.29) is 28.8 Å². The summed E-state index contributed by atoms with van der Waals surface area (Å²) in [6.07, 6.45) is 4.33. The Morgan fingerprint density at radius 2 is 1.94 bits per heavy atom. The molecule has 2 saturated heterocycles. The number of nitrogens with two attached hydrogens (primary N) is 1. The van der Waals surface area contributed by atoms with Crippen LogP contribution in [-0.4, -0.2) is 67.7 Å². The van der Waals surface area contributed by atoms with E-state index in [0.717, 1.165) is 56.8 Å². The Bertz CT molecular complexity index is 910. The van der Waals surface area contributed by atoms with Gasteiger partial charge in [0.05, 0.1) is 11.9 Å². The van der Waals surface area contributed by atoms with Gasteiger partial charge in [-0.2, -0.15) is 4.31 Å². The molecule has 1 saturated carbocycles. The van der Waals surface area contributed by atoms with Gasteiger partial charge in [0.25, 0.3) is 0 Å². The Balaban J connectivity index is 1.35. The molecule has 1 aromatic carbocycles. The van der Waals surface area contributed by atoms with E-state index in [1.54, 1.807) is 4.31 Å². The summed E-state index contributed by atoms with van der Waals surface area (Å²) in [6, 6.07) is 2.91. The lowest BCUT2D eigenvalue weighted by Gasteiger charge is -2.40. The van der Waals surface area contributed by atoms with Gasteiger partial charge < -0.3 is 15.4 Å². The van der Waals surface area contributed by atoms with Gasteiger partial charge in [-0.05, 0) is 63.8 Å². The molecule has 0 bridgehead atoms. The number of rotatable bonds is 6. The summed E-state index contributed by atoms with van der Waals surface area (Å²) >= 11 is 0. The number of hydrogen-bond acceptors (Lipinski definition) is 5. The fourth-order valence-corrected chi connectivity index (χ4v) is 7.98. The van der Waals surface area contributed by atoms with Crippen LogP contribution in [0.1, 0.15) is 57.1 Å². The Morgan fingerprint density at radius 3 is 2.62 bits per heavy atom. The molecule has 4 rings (SSSR count). The lowest BCUT2D eigenvalue weighted by Crippen LogP contribution is -2.50. The predicted molar refractivity (Wildman–Crippen MR) is 120 cm³/mol. The number of hydrogen-bond donors (Lipinski definition) is 1. The maximum Gasteiger partial charge on any atom is 0.217 e. The van der Waals surface area contributed by atoms with E-state index >= 15 is 0 Å². The lowest BCUT2D eigenvalue weighted by atomic mass is 9.92. The average Bonchev–Trinajstić information content (AvgIpc) is 3.41. The van der Waals surface area contributed by atoms with Crippen LogP contribution in [0.3, 0.4) is 0 Å². The molecule has 180 valence electrons. The Kier molecular flexibility index (Phi) is 7.22. The monoisotopic (exact) mass is 471 g/mol. The molecule has 9 heteroatoms. The smallest absolute Gasteiger partial charge is 0.217 e. The van der Waals surface area contributed by atoms with E-state index in [1.165, 1.54) is 0 Å². The van der Waals surface area contributed by atoms with Crippen LogP contribution in [0.15, 0.2) is 18.2 Å². The van der Waals surface area contributed by atoms with Crippen LogP contribution < -0.4 is 5.73 Å². The molecule has 3 aliphatic rings. The highest BCUT2D eigenvalue weighted by Gasteiger charge is 2.43. The summed E-state index contributed by atoms with van der Waals surface area (Å²) in [5.74, 6) is -0.781. The second-order valence-electron chi connectivity index (χ2n) is 9.76. The lowest BCUT2D eigenvalue weighted by molar-refractivity contribution is -0.0491. The predicted octanol–water partition coefficient (Wildman–Crippen LogP) is 3.04. The third kappa shape index (κ3) is 4.73. The summed E-state index contributed by atoms with van der Waals surface area (Å²) in [6.45, 7) is 3.72. The first-order valence-corrected chi connectivity index (χ1v) is 13.2. The molecular weight excluding hydrogens is 436 g/mol. The van der Waals surface area contributed by atoms with E-state index in [2.05, 4.69) is 4.90 Å². The first-order chi connectivity index (χ1) is 15.2. The molecule has 1 aliphatic carbocycles. The number of nitrogens with zero attached hydrogens (tertiary/aromatic N) is 2. The summed E-state index contributed by atoms with van der Waals surface area (Å²) in [5, 5.41) is -0.216. The number of ether oxygens (including phenoxy) is 1. The van der Waals surface area contributed by atoms with Crippen LogP contribution in [0.2, 0.25) is 0 Å². The van der Waals surface area contributed by atoms with Gasteiger partial charge in [-0.15, -0.1) is 0 Å². The first-order valence-electron chi connectivity index (χ1n) is 11.7. The highest BCUT2D eigenvalue weighted by Crippen LogP contribution is 2.35. The van der Waals surface area contributed by atoms with Crippen LogP contribution in [0.5, 0.6) is 0 Å². The summed E-state index contributed by atoms with van der Waals surface area (Å²) in [4.78, 5) is 2.19. The molecule has 0 amide bonds. The summed E-state index contributed by atoms with van der Waals surface area (Å²) < 4.78 is 61.5. The molecule has 1 aromatic rings. The van der Waals surface area contributed by atoms with E-state index in [1.807, 2.05) is 14.0 Å². The molecule has 0 aromatic heterocycles. The minimum absolute atomic E-state index is 0.0321. The standard InChI is InChI=1S/C23H35F2N3O3S/c1-15-16(9-10-28(15)32(29,30)19-5-3-4-6-19)13-27(2)18-12-22(26)23(31-14-18)20-11-17(24)7-8-21(20)25/h7-8,11,15-16,18-19,22-23H,3-6,9-10,12-14,26H2,1-2H3. The minimum atomic E-state index is -3.23. The topological polar surface area (TPSA) is 75.9 Å². The van der Waals surface area contributed by atoms with E-state index in [4.69, 9.17) is 10.5 Å². The van der Waals surface area contributed by atoms with Crippen molar-refractivity contribution >= 4 is 10.0 Å². The molecule has 5 atom stereocenters. The summed E-state index contributed by atoms with van der Waals surface area (Å²) in [7, 11) is -1.23. The van der Waals surface area contributed by atoms with Gasteiger partial charge >= 0.3 is 0 Å². The quantitative estimate of drug-likeness (QED) is 0.690. The van der Waals surface area contributed by atoms with Crippen molar-refractivity contribution < 1.29 is 21.9 Å². The van der Waals surface area contributed by atoms with E-state index in [9.17, 15) is 17.2 Å². The minimum Gasteiger partial charge on any atom is -0.370 e. The van der Waals surface area contributed by atoms with Crippen LogP contribution in [0.25, 0.3) is 0 Å². The second kappa shape index (κ2) is 9.62. The molecule has 0 spiro atoms. The fraction of sp³-hybridized carbons (Fsp3) is 0.739. The van der Waals surface area contributed by atoms with Crippen molar-refractivity contribution in [3.63, 3.8) is 0 Å². The Morgan fingerprint density at radius 1 is 1.22 bits per heavy atom. The molecular formula is C23H35F2N3O3S. The van der Waals surface area contributed by atoms with E-state index < -0.39 is 33.8 Å². The van der Waals surface area contributed by atoms with Crippen LogP contribution >= 0.6 is 0 Å². The first kappa shape index (κ1) is 24.0. The zero-order valence-corrected chi connectivity index (χ0v) is 19.7. The van der Waals surface area contributed by atoms with Gasteiger partial charge in [-0.3, -0.25) is 0 Å². The number of likely N-dealkylation sites (N-methyl/N-ethyl adjacent to an activating group) is 1. The van der Waals surface area contributed by atoms with Crippen molar-refractivity contribution in [1.29, 1.82) is 0 Å². The zero-order chi connectivity index (χ0) is 23.0. The highest BCUT2D eigenvalue weighted by atomic mass is 32.2. The van der Waals surface area contributed by atoms with Gasteiger partial charge in [0, 0.05) is 36.8 Å². The highest BCUT2D eigenvalue weighted by molar-refractivity contribution is 7.89. The van der Waals surface area contributed by atoms with Crippen LogP contribution in [-0.2, 0) is 14.8 Å². The zero-order valence-electron chi connectivity index (χ0n) is 18.9. The SMILES string of the molecule is CC1C(CN(C)C2COC(c3cc(F)ccc3F)C(N)C2)CCN1S(=O)(=O)C1CCCC1. The molecule has 5 unspecified atom stereocenters. The van der Waals surface area contributed by atoms with Crippen LogP contribution in [0, 0.1) is 17.6 Å². The number of halogens is 2. The van der Waals surface area contributed by atoms with Crippen molar-refractivity contribution in [2.45, 2.75) is 74.9 Å². The normalized spacial score (nSPS) is 32.8. The molecule has 6 nitrogen and oxygen atoms in total. The molecule has 32 heavy (non-hydrogen) atoms. The van der Waals surface area contributed by atoms with Crippen molar-refractivity contribution in [3.8, 4) is 0 Å². The molecule has 2 heterocycles. The van der Waals surface area contributed by atoms with Gasteiger partial charge in [-0.1, -0.05) is 12.8 Å². The molecule has 2 N–H and O–H groups in total. The van der Waals surface area contributed by atoms with Crippen molar-refractivity contribution in [3.05, 3.63) is 35.4 Å². The van der Waals surface area contributed by atoms with Gasteiger partial charge in [0.1, 0.15) is 17.7 Å². The number of benzene rings is 1. The van der Waals surface area contributed by atoms with E-state index in [0.29, 0.717) is 19.6 Å². The number of sulfonamides is 1. The van der Waals surface area contributed by atoms with Gasteiger partial charge in [-0.25, -0.2) is 17.2 Å². The third-order valence-corrected chi connectivity index (χ3v) is 10.2. The van der Waals surface area contributed by atoms with Crippen molar-refractivity contribution in [2.24, 2.45) is 11.7 Å². The Hall–Kier alpha value is -1.13. The second-order valence-corrected chi connectivity index (χ2v) is 11.9. The average molecular weight is 472 g/mol. The molecule has 0 radical (unpaired) electrons.